The first-order valence-electron chi connectivity index (χ1n) is 6.12. The molecule has 0 amide bonds. The Kier molecular flexibility index (Phi) is 2.25. The predicted octanol–water partition coefficient (Wildman–Crippen LogP) is 2.94. The summed E-state index contributed by atoms with van der Waals surface area (Å²) in [4.78, 5) is 3.24. The van der Waals surface area contributed by atoms with E-state index >= 15 is 0 Å². The van der Waals surface area contributed by atoms with Gasteiger partial charge in [0.2, 0.25) is 0 Å². The molecule has 3 rings (SSSR count). The van der Waals surface area contributed by atoms with Crippen LogP contribution < -0.4 is 5.73 Å². The van der Waals surface area contributed by atoms with Crippen LogP contribution in [0.1, 0.15) is 31.2 Å². The molecule has 1 aromatic heterocycles. The van der Waals surface area contributed by atoms with Crippen molar-refractivity contribution in [3.8, 4) is 0 Å². The maximum absolute atomic E-state index is 6.01. The van der Waals surface area contributed by atoms with Gasteiger partial charge in [0.15, 0.2) is 0 Å². The van der Waals surface area contributed by atoms with Gasteiger partial charge < -0.3 is 10.7 Å². The molecule has 0 saturated heterocycles. The van der Waals surface area contributed by atoms with Gasteiger partial charge in [-0.15, -0.1) is 0 Å². The molecule has 0 atom stereocenters. The number of rotatable bonds is 2. The number of nitrogens with one attached hydrogen (secondary N) is 1. The highest BCUT2D eigenvalue weighted by molar-refractivity contribution is 5.80. The molecule has 0 bridgehead atoms. The van der Waals surface area contributed by atoms with E-state index in [0.717, 1.165) is 6.54 Å². The van der Waals surface area contributed by atoms with Crippen LogP contribution >= 0.6 is 0 Å². The normalized spacial score (nSPS) is 19.3. The molecule has 84 valence electrons. The molecular weight excluding hydrogens is 196 g/mol. The van der Waals surface area contributed by atoms with E-state index in [2.05, 4.69) is 29.2 Å². The van der Waals surface area contributed by atoms with Crippen molar-refractivity contribution in [1.82, 2.24) is 4.98 Å². The molecule has 0 spiro atoms. The molecule has 2 nitrogen and oxygen atoms in total. The van der Waals surface area contributed by atoms with Gasteiger partial charge in [0.25, 0.3) is 0 Å². The summed E-state index contributed by atoms with van der Waals surface area (Å²) >= 11 is 0. The molecule has 1 aliphatic rings. The van der Waals surface area contributed by atoms with Crippen LogP contribution in [-0.2, 0) is 5.41 Å². The Labute approximate surface area is 95.8 Å². The second-order valence-corrected chi connectivity index (χ2v) is 4.97. The summed E-state index contributed by atoms with van der Waals surface area (Å²) in [6.07, 6.45) is 7.14. The standard InChI is InChI=1S/C14H18N2/c15-10-14(6-1-2-7-14)12-3-4-13-11(9-12)5-8-16-13/h3-5,8-9,16H,1-2,6-7,10,15H2. The Hall–Kier alpha value is -1.28. The smallest absolute Gasteiger partial charge is 0.0454 e. The van der Waals surface area contributed by atoms with Crippen LogP contribution in [0, 0.1) is 0 Å². The Morgan fingerprint density at radius 2 is 2.00 bits per heavy atom. The fraction of sp³-hybridized carbons (Fsp3) is 0.429. The number of fused-ring (bicyclic) bond motifs is 1. The van der Waals surface area contributed by atoms with Gasteiger partial charge in [-0.1, -0.05) is 18.9 Å². The van der Waals surface area contributed by atoms with E-state index < -0.39 is 0 Å². The second kappa shape index (κ2) is 3.63. The highest BCUT2D eigenvalue weighted by Crippen LogP contribution is 2.40. The molecule has 0 aliphatic heterocycles. The third kappa shape index (κ3) is 1.37. The zero-order valence-corrected chi connectivity index (χ0v) is 9.50. The Morgan fingerprint density at radius 1 is 1.19 bits per heavy atom. The molecule has 0 unspecified atom stereocenters. The summed E-state index contributed by atoms with van der Waals surface area (Å²) < 4.78 is 0. The lowest BCUT2D eigenvalue weighted by Gasteiger charge is -2.27. The molecule has 1 heterocycles. The van der Waals surface area contributed by atoms with E-state index in [0.29, 0.717) is 0 Å². The largest absolute Gasteiger partial charge is 0.361 e. The van der Waals surface area contributed by atoms with Gasteiger partial charge >= 0.3 is 0 Å². The SMILES string of the molecule is NCC1(c2ccc3[nH]ccc3c2)CCCC1. The Bertz CT molecular complexity index is 492. The fourth-order valence-electron chi connectivity index (χ4n) is 3.05. The number of aromatic nitrogens is 1. The predicted molar refractivity (Wildman–Crippen MR) is 67.5 cm³/mol. The van der Waals surface area contributed by atoms with Crippen molar-refractivity contribution in [3.05, 3.63) is 36.0 Å². The molecule has 16 heavy (non-hydrogen) atoms. The lowest BCUT2D eigenvalue weighted by Crippen LogP contribution is -2.31. The van der Waals surface area contributed by atoms with Crippen LogP contribution in [0.5, 0.6) is 0 Å². The molecule has 2 heteroatoms. The summed E-state index contributed by atoms with van der Waals surface area (Å²) in [6, 6.07) is 8.87. The average Bonchev–Trinajstić information content (AvgIpc) is 2.97. The van der Waals surface area contributed by atoms with Gasteiger partial charge in [-0.3, -0.25) is 0 Å². The van der Waals surface area contributed by atoms with Crippen molar-refractivity contribution in [3.63, 3.8) is 0 Å². The first-order chi connectivity index (χ1) is 7.84. The monoisotopic (exact) mass is 214 g/mol. The quantitative estimate of drug-likeness (QED) is 0.793. The van der Waals surface area contributed by atoms with Crippen molar-refractivity contribution < 1.29 is 0 Å². The molecule has 0 radical (unpaired) electrons. The van der Waals surface area contributed by atoms with Crippen molar-refractivity contribution in [2.24, 2.45) is 5.73 Å². The van der Waals surface area contributed by atoms with Crippen LogP contribution in [-0.4, -0.2) is 11.5 Å². The highest BCUT2D eigenvalue weighted by Gasteiger charge is 2.34. The van der Waals surface area contributed by atoms with Crippen LogP contribution in [0.2, 0.25) is 0 Å². The first kappa shape index (κ1) is 9.91. The zero-order chi connectivity index (χ0) is 11.0. The van der Waals surface area contributed by atoms with E-state index in [9.17, 15) is 0 Å². The molecule has 1 fully saturated rings. The number of nitrogens with two attached hydrogens (primary N) is 1. The minimum absolute atomic E-state index is 0.255. The lowest BCUT2D eigenvalue weighted by molar-refractivity contribution is 0.453. The minimum Gasteiger partial charge on any atom is -0.361 e. The third-order valence-electron chi connectivity index (χ3n) is 4.12. The lowest BCUT2D eigenvalue weighted by atomic mass is 9.79. The third-order valence-corrected chi connectivity index (χ3v) is 4.12. The fourth-order valence-corrected chi connectivity index (χ4v) is 3.05. The first-order valence-corrected chi connectivity index (χ1v) is 6.12. The maximum Gasteiger partial charge on any atom is 0.0454 e. The molecule has 2 aromatic rings. The second-order valence-electron chi connectivity index (χ2n) is 4.97. The molecule has 1 aliphatic carbocycles. The van der Waals surface area contributed by atoms with E-state index in [4.69, 9.17) is 5.73 Å². The van der Waals surface area contributed by atoms with E-state index in [1.807, 2.05) is 6.20 Å². The van der Waals surface area contributed by atoms with Gasteiger partial charge in [-0.25, -0.2) is 0 Å². The summed E-state index contributed by atoms with van der Waals surface area (Å²) in [6.45, 7) is 0.781. The van der Waals surface area contributed by atoms with E-state index in [1.54, 1.807) is 0 Å². The Morgan fingerprint density at radius 3 is 2.75 bits per heavy atom. The van der Waals surface area contributed by atoms with Gasteiger partial charge in [-0.2, -0.15) is 0 Å². The van der Waals surface area contributed by atoms with Crippen molar-refractivity contribution >= 4 is 10.9 Å². The van der Waals surface area contributed by atoms with Crippen LogP contribution in [0.15, 0.2) is 30.5 Å². The number of hydrogen-bond donors (Lipinski definition) is 2. The summed E-state index contributed by atoms with van der Waals surface area (Å²) in [7, 11) is 0. The van der Waals surface area contributed by atoms with Gasteiger partial charge in [-0.05, 0) is 42.0 Å². The van der Waals surface area contributed by atoms with Crippen molar-refractivity contribution in [1.29, 1.82) is 0 Å². The van der Waals surface area contributed by atoms with Crippen LogP contribution in [0.4, 0.5) is 0 Å². The number of benzene rings is 1. The van der Waals surface area contributed by atoms with E-state index in [-0.39, 0.29) is 5.41 Å². The molecule has 1 aromatic carbocycles. The van der Waals surface area contributed by atoms with Gasteiger partial charge in [0.05, 0.1) is 0 Å². The Balaban J connectivity index is 2.09. The molecule has 3 N–H and O–H groups in total. The van der Waals surface area contributed by atoms with Crippen LogP contribution in [0.3, 0.4) is 0 Å². The number of hydrogen-bond acceptors (Lipinski definition) is 1. The number of H-pyrrole nitrogens is 1. The molecular formula is C14H18N2. The van der Waals surface area contributed by atoms with E-state index in [1.165, 1.54) is 42.1 Å². The van der Waals surface area contributed by atoms with Crippen molar-refractivity contribution in [2.75, 3.05) is 6.54 Å². The molecule has 1 saturated carbocycles. The highest BCUT2D eigenvalue weighted by atomic mass is 14.7. The van der Waals surface area contributed by atoms with Crippen LogP contribution in [0.25, 0.3) is 10.9 Å². The van der Waals surface area contributed by atoms with Gasteiger partial charge in [0.1, 0.15) is 0 Å². The average molecular weight is 214 g/mol. The zero-order valence-electron chi connectivity index (χ0n) is 9.50. The maximum atomic E-state index is 6.01. The topological polar surface area (TPSA) is 41.8 Å². The summed E-state index contributed by atoms with van der Waals surface area (Å²) in [5, 5.41) is 1.30. The van der Waals surface area contributed by atoms with Crippen molar-refractivity contribution in [2.45, 2.75) is 31.1 Å². The summed E-state index contributed by atoms with van der Waals surface area (Å²) in [5.41, 5.74) is 8.91. The number of aromatic amines is 1. The summed E-state index contributed by atoms with van der Waals surface area (Å²) in [5.74, 6) is 0. The minimum atomic E-state index is 0.255. The van der Waals surface area contributed by atoms with Gasteiger partial charge in [0, 0.05) is 23.7 Å².